The molecule has 0 aromatic rings. The third kappa shape index (κ3) is 15.2. The molecule has 0 aliphatic carbocycles. The summed E-state index contributed by atoms with van der Waals surface area (Å²) in [6.07, 6.45) is 20.1. The number of hydrogen-bond donors (Lipinski definition) is 3. The molecule has 0 rings (SSSR count). The van der Waals surface area contributed by atoms with E-state index in [-0.39, 0.29) is 47.0 Å². The molecule has 0 fully saturated rings. The van der Waals surface area contributed by atoms with Gasteiger partial charge in [-0.15, -0.1) is 0 Å². The third-order valence-corrected chi connectivity index (χ3v) is 5.86. The van der Waals surface area contributed by atoms with Crippen LogP contribution in [0.3, 0.4) is 0 Å². The van der Waals surface area contributed by atoms with Gasteiger partial charge in [-0.2, -0.15) is 0 Å². The van der Waals surface area contributed by atoms with E-state index in [0.29, 0.717) is 6.42 Å². The van der Waals surface area contributed by atoms with Crippen molar-refractivity contribution in [3.63, 3.8) is 0 Å². The molecule has 0 aromatic heterocycles. The Morgan fingerprint density at radius 1 is 0.667 bits per heavy atom. The van der Waals surface area contributed by atoms with Gasteiger partial charge in [-0.1, -0.05) is 110 Å². The first-order chi connectivity index (χ1) is 13.7. The Morgan fingerprint density at radius 3 is 1.27 bits per heavy atom. The Hall–Kier alpha value is 0.320. The van der Waals surface area contributed by atoms with Gasteiger partial charge >= 0.3 is 43.7 Å². The van der Waals surface area contributed by atoms with Crippen LogP contribution < -0.4 is 0 Å². The fourth-order valence-electron chi connectivity index (χ4n) is 3.75. The number of aliphatic hydroxyl groups is 2. The maximum atomic E-state index is 12.0. The van der Waals surface area contributed by atoms with Crippen LogP contribution in [0.15, 0.2) is 0 Å². The Labute approximate surface area is 217 Å². The summed E-state index contributed by atoms with van der Waals surface area (Å²) in [5.41, 5.74) is -4.35. The zero-order valence-corrected chi connectivity index (χ0v) is 22.1. The van der Waals surface area contributed by atoms with Gasteiger partial charge in [0.05, 0.1) is 0 Å². The first-order valence-corrected chi connectivity index (χ1v) is 11.9. The van der Waals surface area contributed by atoms with E-state index < -0.39 is 23.0 Å². The molecule has 0 aliphatic rings. The molecule has 0 spiro atoms. The fraction of sp³-hybridized carbons (Fsp3) is 0.917. The molecule has 0 bridgehead atoms. The van der Waals surface area contributed by atoms with Crippen molar-refractivity contribution in [2.24, 2.45) is 0 Å². The molecular formula is C24H48CaO5. The summed E-state index contributed by atoms with van der Waals surface area (Å²) < 4.78 is 0. The monoisotopic (exact) mass is 456 g/mol. The van der Waals surface area contributed by atoms with E-state index in [1.165, 1.54) is 84.0 Å². The quantitative estimate of drug-likeness (QED) is 0.125. The molecule has 0 heterocycles. The Bertz CT molecular complexity index is 460. The van der Waals surface area contributed by atoms with Crippen LogP contribution in [0.25, 0.3) is 0 Å². The molecule has 30 heavy (non-hydrogen) atoms. The normalized spacial score (nSPS) is 15.1. The van der Waals surface area contributed by atoms with E-state index in [4.69, 9.17) is 5.11 Å². The fourth-order valence-corrected chi connectivity index (χ4v) is 3.75. The predicted molar refractivity (Wildman–Crippen MR) is 126 cm³/mol. The first kappa shape index (κ1) is 32.5. The topological polar surface area (TPSA) is 94.8 Å². The van der Waals surface area contributed by atoms with Crippen LogP contribution in [0.1, 0.15) is 133 Å². The summed E-state index contributed by atoms with van der Waals surface area (Å²) in [4.78, 5) is 23.0. The van der Waals surface area contributed by atoms with Crippen molar-refractivity contribution >= 4 is 49.5 Å². The smallest absolute Gasteiger partial charge is 1.00 e. The summed E-state index contributed by atoms with van der Waals surface area (Å²) in [5, 5.41) is 28.8. The molecule has 2 atom stereocenters. The van der Waals surface area contributed by atoms with Crippen LogP contribution in [-0.4, -0.2) is 76.0 Å². The summed E-state index contributed by atoms with van der Waals surface area (Å²) in [5.74, 6) is -2.67. The van der Waals surface area contributed by atoms with Gasteiger partial charge in [0.2, 0.25) is 11.4 Å². The number of carbonyl (C=O) groups is 2. The van der Waals surface area contributed by atoms with Gasteiger partial charge in [-0.3, -0.25) is 4.79 Å². The van der Waals surface area contributed by atoms with Crippen LogP contribution in [0.4, 0.5) is 0 Å². The van der Waals surface area contributed by atoms with E-state index in [0.717, 1.165) is 26.2 Å². The zero-order valence-electron chi connectivity index (χ0n) is 21.9. The van der Waals surface area contributed by atoms with Crippen molar-refractivity contribution in [1.29, 1.82) is 0 Å². The molecule has 0 aliphatic heterocycles. The second-order valence-corrected chi connectivity index (χ2v) is 9.03. The average molecular weight is 457 g/mol. The third-order valence-electron chi connectivity index (χ3n) is 5.86. The number of aliphatic carboxylic acids is 1. The van der Waals surface area contributed by atoms with Gasteiger partial charge in [-0.05, 0) is 20.3 Å². The average Bonchev–Trinajstić information content (AvgIpc) is 2.66. The minimum atomic E-state index is -2.54. The number of unbranched alkanes of at least 4 members (excludes halogenated alkanes) is 15. The number of carbonyl (C=O) groups excluding carboxylic acids is 1. The summed E-state index contributed by atoms with van der Waals surface area (Å²) in [7, 11) is 0. The molecule has 6 heteroatoms. The van der Waals surface area contributed by atoms with Gasteiger partial charge in [0, 0.05) is 0 Å². The van der Waals surface area contributed by atoms with E-state index in [1.54, 1.807) is 0 Å². The molecule has 2 unspecified atom stereocenters. The van der Waals surface area contributed by atoms with Crippen LogP contribution in [0, 0.1) is 0 Å². The zero-order chi connectivity index (χ0) is 22.2. The van der Waals surface area contributed by atoms with Gasteiger partial charge in [0.15, 0.2) is 0 Å². The maximum Gasteiger partial charge on any atom is 2.00 e. The maximum absolute atomic E-state index is 12.0. The van der Waals surface area contributed by atoms with E-state index in [9.17, 15) is 19.8 Å². The van der Waals surface area contributed by atoms with Gasteiger partial charge in [0.25, 0.3) is 0 Å². The van der Waals surface area contributed by atoms with Crippen molar-refractivity contribution in [2.45, 2.75) is 141 Å². The summed E-state index contributed by atoms with van der Waals surface area (Å²) >= 11 is 0. The molecule has 0 radical (unpaired) electrons. The van der Waals surface area contributed by atoms with E-state index in [2.05, 4.69) is 6.92 Å². The van der Waals surface area contributed by atoms with Crippen molar-refractivity contribution < 1.29 is 27.8 Å². The number of carboxylic acid groups (broad SMARTS) is 1. The first-order valence-electron chi connectivity index (χ1n) is 11.9. The largest absolute Gasteiger partial charge is 2.00 e. The van der Waals surface area contributed by atoms with Crippen molar-refractivity contribution in [1.82, 2.24) is 0 Å². The molecule has 3 N–H and O–H groups in total. The van der Waals surface area contributed by atoms with Crippen LogP contribution in [0.5, 0.6) is 0 Å². The van der Waals surface area contributed by atoms with Crippen LogP contribution in [0.2, 0.25) is 0 Å². The van der Waals surface area contributed by atoms with Crippen LogP contribution >= 0.6 is 0 Å². The Morgan fingerprint density at radius 2 is 0.967 bits per heavy atom. The summed E-state index contributed by atoms with van der Waals surface area (Å²) in [6, 6.07) is 0. The van der Waals surface area contributed by atoms with E-state index >= 15 is 0 Å². The standard InChI is InChI=1S/C24H46O5.Ca.2H/c1-4-5-6-7-8-9-10-11-12-13-14-15-16-17-18-19-20-23(2,28)21(25)24(3,29)22(26)27;;;/h28-29H,4-20H2,1-3H3,(H,26,27);;;/q;+2;2*-1. The van der Waals surface area contributed by atoms with Crippen molar-refractivity contribution in [2.75, 3.05) is 0 Å². The van der Waals surface area contributed by atoms with Crippen molar-refractivity contribution in [3.8, 4) is 0 Å². The van der Waals surface area contributed by atoms with Gasteiger partial charge < -0.3 is 18.2 Å². The SMILES string of the molecule is CCCCCCCCCCCCCCCCCCC(C)(O)C(=O)C(C)(O)C(=O)O.[Ca+2].[H-].[H-]. The number of rotatable bonds is 20. The predicted octanol–water partition coefficient (Wildman–Crippen LogP) is 5.64. The minimum absolute atomic E-state index is 0. The number of ketones is 1. The Kier molecular flexibility index (Phi) is 20.4. The van der Waals surface area contributed by atoms with Crippen molar-refractivity contribution in [3.05, 3.63) is 0 Å². The number of carboxylic acids is 1. The van der Waals surface area contributed by atoms with Crippen LogP contribution in [-0.2, 0) is 9.59 Å². The van der Waals surface area contributed by atoms with Gasteiger partial charge in [0.1, 0.15) is 5.60 Å². The van der Waals surface area contributed by atoms with E-state index in [1.807, 2.05) is 0 Å². The minimum Gasteiger partial charge on any atom is -1.00 e. The molecule has 5 nitrogen and oxygen atoms in total. The second-order valence-electron chi connectivity index (χ2n) is 9.03. The molecule has 176 valence electrons. The number of Topliss-reactive ketones (excluding diaryl/α,β-unsaturated/α-hetero) is 1. The second kappa shape index (κ2) is 18.8. The number of hydrogen-bond acceptors (Lipinski definition) is 4. The van der Waals surface area contributed by atoms with Gasteiger partial charge in [-0.25, -0.2) is 4.79 Å². The summed E-state index contributed by atoms with van der Waals surface area (Å²) in [6.45, 7) is 4.46. The Balaban J connectivity index is -0.00000131. The molecule has 0 amide bonds. The molecular weight excluding hydrogens is 408 g/mol. The molecule has 0 saturated carbocycles. The molecule has 0 aromatic carbocycles. The molecule has 0 saturated heterocycles.